The summed E-state index contributed by atoms with van der Waals surface area (Å²) in [6.07, 6.45) is 1.000. The maximum absolute atomic E-state index is 14.0. The predicted molar refractivity (Wildman–Crippen MR) is 123 cm³/mol. The minimum atomic E-state index is -1.66. The lowest BCUT2D eigenvalue weighted by Crippen LogP contribution is -2.63. The Morgan fingerprint density at radius 2 is 1.75 bits per heavy atom. The van der Waals surface area contributed by atoms with E-state index in [1.807, 2.05) is 6.07 Å². The van der Waals surface area contributed by atoms with Gasteiger partial charge >= 0.3 is 12.0 Å². The average Bonchev–Trinajstić information content (AvgIpc) is 3.22. The first-order chi connectivity index (χ1) is 17.2. The van der Waals surface area contributed by atoms with Crippen LogP contribution in [-0.4, -0.2) is 69.5 Å². The zero-order chi connectivity index (χ0) is 25.9. The first-order valence-electron chi connectivity index (χ1n) is 12.0. The number of urea groups is 1. The van der Waals surface area contributed by atoms with Crippen molar-refractivity contribution >= 4 is 35.6 Å². The monoisotopic (exact) mass is 493 g/mol. The molecule has 3 aliphatic heterocycles. The number of rotatable bonds is 5. The fourth-order valence-electron chi connectivity index (χ4n) is 6.45. The first-order valence-corrected chi connectivity index (χ1v) is 12.0. The normalized spacial score (nSPS) is 29.6. The lowest BCUT2D eigenvalue weighted by Gasteiger charge is -2.48. The number of esters is 1. The van der Waals surface area contributed by atoms with Crippen molar-refractivity contribution in [2.24, 2.45) is 17.8 Å². The standard InChI is InChI=1S/C26H27N3O7/c1-4-15-16-10-11-17-19(23(33)27(21(17)31)13-18(30)36-3)20(16)26(2)24(34)28(25(35)29(26)22(15)32)12-14-8-6-5-7-9-14/h5-9,17,19-20H,4,10-13H2,1-3H3/t17-,19-,20+,26+/m1/s1. The van der Waals surface area contributed by atoms with Gasteiger partial charge in [-0.15, -0.1) is 0 Å². The van der Waals surface area contributed by atoms with Crippen molar-refractivity contribution in [3.63, 3.8) is 0 Å². The molecule has 10 nitrogen and oxygen atoms in total. The van der Waals surface area contributed by atoms with Crippen molar-refractivity contribution in [1.29, 1.82) is 0 Å². The molecule has 0 radical (unpaired) electrons. The Balaban J connectivity index is 1.61. The van der Waals surface area contributed by atoms with Crippen molar-refractivity contribution in [3.05, 3.63) is 47.0 Å². The van der Waals surface area contributed by atoms with E-state index < -0.39 is 65.5 Å². The van der Waals surface area contributed by atoms with Gasteiger partial charge in [-0.1, -0.05) is 42.8 Å². The molecule has 0 unspecified atom stereocenters. The minimum Gasteiger partial charge on any atom is -0.468 e. The van der Waals surface area contributed by atoms with E-state index >= 15 is 0 Å². The lowest BCUT2D eigenvalue weighted by atomic mass is 9.59. The summed E-state index contributed by atoms with van der Waals surface area (Å²) in [6, 6.07) is 8.24. The van der Waals surface area contributed by atoms with Crippen molar-refractivity contribution in [2.75, 3.05) is 13.7 Å². The van der Waals surface area contributed by atoms with E-state index in [9.17, 15) is 28.8 Å². The number of hydrogen-bond acceptors (Lipinski definition) is 7. The summed E-state index contributed by atoms with van der Waals surface area (Å²) in [5, 5.41) is 0. The third kappa shape index (κ3) is 3.09. The number of benzene rings is 1. The number of methoxy groups -OCH3 is 1. The van der Waals surface area contributed by atoms with E-state index in [0.717, 1.165) is 20.3 Å². The van der Waals surface area contributed by atoms with Crippen LogP contribution in [0, 0.1) is 17.8 Å². The molecule has 6 amide bonds. The Morgan fingerprint density at radius 1 is 1.06 bits per heavy atom. The Labute approximate surface area is 207 Å². The molecule has 3 fully saturated rings. The molecular weight excluding hydrogens is 466 g/mol. The SMILES string of the molecule is CCC1=C2CC[C@H]3C(=O)N(CC(=O)OC)C(=O)[C@H]3[C@H]2[C@@]2(C)C(=O)N(Cc3ccccc3)C(=O)N2C1=O. The molecule has 0 spiro atoms. The minimum absolute atomic E-state index is 0.0170. The lowest BCUT2D eigenvalue weighted by molar-refractivity contribution is -0.152. The predicted octanol–water partition coefficient (Wildman–Crippen LogP) is 1.64. The number of fused-ring (bicyclic) bond motifs is 5. The summed E-state index contributed by atoms with van der Waals surface area (Å²) >= 11 is 0. The third-order valence-electron chi connectivity index (χ3n) is 8.10. The van der Waals surface area contributed by atoms with E-state index in [2.05, 4.69) is 4.74 Å². The third-order valence-corrected chi connectivity index (χ3v) is 8.10. The van der Waals surface area contributed by atoms with Gasteiger partial charge in [0, 0.05) is 11.5 Å². The van der Waals surface area contributed by atoms with E-state index in [-0.39, 0.29) is 6.54 Å². The number of nitrogens with zero attached hydrogens (tertiary/aromatic N) is 3. The Bertz CT molecular complexity index is 1240. The summed E-state index contributed by atoms with van der Waals surface area (Å²) in [5.41, 5.74) is 0.130. The van der Waals surface area contributed by atoms with Gasteiger partial charge in [-0.25, -0.2) is 9.69 Å². The highest BCUT2D eigenvalue weighted by atomic mass is 16.5. The molecule has 1 aliphatic carbocycles. The number of amides is 6. The molecule has 4 atom stereocenters. The zero-order valence-corrected chi connectivity index (χ0v) is 20.4. The van der Waals surface area contributed by atoms with Gasteiger partial charge in [-0.05, 0) is 31.7 Å². The second-order valence-corrected chi connectivity index (χ2v) is 9.79. The van der Waals surface area contributed by atoms with Gasteiger partial charge in [0.05, 0.1) is 25.5 Å². The smallest absolute Gasteiger partial charge is 0.335 e. The van der Waals surface area contributed by atoms with Gasteiger partial charge in [0.1, 0.15) is 12.1 Å². The van der Waals surface area contributed by atoms with Crippen LogP contribution in [0.15, 0.2) is 41.5 Å². The van der Waals surface area contributed by atoms with E-state index in [0.29, 0.717) is 30.4 Å². The molecule has 4 aliphatic rings. The number of hydrogen-bond donors (Lipinski definition) is 0. The number of imide groups is 3. The van der Waals surface area contributed by atoms with E-state index in [1.54, 1.807) is 31.2 Å². The molecule has 10 heteroatoms. The van der Waals surface area contributed by atoms with Gasteiger partial charge < -0.3 is 4.74 Å². The van der Waals surface area contributed by atoms with Crippen molar-refractivity contribution < 1.29 is 33.5 Å². The quantitative estimate of drug-likeness (QED) is 0.347. The molecule has 5 rings (SSSR count). The van der Waals surface area contributed by atoms with Gasteiger partial charge in [0.15, 0.2) is 0 Å². The summed E-state index contributed by atoms with van der Waals surface area (Å²) in [4.78, 5) is 82.7. The maximum atomic E-state index is 14.0. The molecule has 36 heavy (non-hydrogen) atoms. The fourth-order valence-corrected chi connectivity index (χ4v) is 6.45. The molecule has 1 aromatic rings. The highest BCUT2D eigenvalue weighted by Crippen LogP contribution is 2.56. The Morgan fingerprint density at radius 3 is 2.39 bits per heavy atom. The highest BCUT2D eigenvalue weighted by molar-refractivity contribution is 6.19. The molecule has 188 valence electrons. The number of carbonyl (C=O) groups excluding carboxylic acids is 6. The molecule has 1 aromatic carbocycles. The molecule has 0 aromatic heterocycles. The number of carbonyl (C=O) groups is 6. The summed E-state index contributed by atoms with van der Waals surface area (Å²) in [7, 11) is 1.17. The van der Waals surface area contributed by atoms with Gasteiger partial charge in [0.2, 0.25) is 11.8 Å². The van der Waals surface area contributed by atoms with Crippen molar-refractivity contribution in [3.8, 4) is 0 Å². The molecular formula is C26H27N3O7. The number of likely N-dealkylation sites (tertiary alicyclic amines) is 1. The van der Waals surface area contributed by atoms with Crippen LogP contribution in [0.2, 0.25) is 0 Å². The summed E-state index contributed by atoms with van der Waals surface area (Å²) in [6.45, 7) is 2.79. The van der Waals surface area contributed by atoms with Crippen LogP contribution >= 0.6 is 0 Å². The first kappa shape index (κ1) is 23.9. The van der Waals surface area contributed by atoms with Crippen LogP contribution < -0.4 is 0 Å². The van der Waals surface area contributed by atoms with Crippen LogP contribution in [0.4, 0.5) is 4.79 Å². The topological polar surface area (TPSA) is 121 Å². The molecule has 0 N–H and O–H groups in total. The largest absolute Gasteiger partial charge is 0.468 e. The fraction of sp³-hybridized carbons (Fsp3) is 0.462. The molecule has 0 bridgehead atoms. The second kappa shape index (κ2) is 8.39. The maximum Gasteiger partial charge on any atom is 0.335 e. The van der Waals surface area contributed by atoms with Crippen LogP contribution in [0.5, 0.6) is 0 Å². The highest BCUT2D eigenvalue weighted by Gasteiger charge is 2.70. The van der Waals surface area contributed by atoms with Crippen LogP contribution in [0.3, 0.4) is 0 Å². The molecule has 2 saturated heterocycles. The summed E-state index contributed by atoms with van der Waals surface area (Å²) in [5.74, 6) is -5.44. The zero-order valence-electron chi connectivity index (χ0n) is 20.4. The van der Waals surface area contributed by atoms with Crippen molar-refractivity contribution in [1.82, 2.24) is 14.7 Å². The van der Waals surface area contributed by atoms with Gasteiger partial charge in [0.25, 0.3) is 11.8 Å². The van der Waals surface area contributed by atoms with Gasteiger partial charge in [-0.2, -0.15) is 0 Å². The number of ether oxygens (including phenoxy) is 1. The Kier molecular flexibility index (Phi) is 5.57. The van der Waals surface area contributed by atoms with Crippen molar-refractivity contribution in [2.45, 2.75) is 45.2 Å². The van der Waals surface area contributed by atoms with Crippen LogP contribution in [-0.2, 0) is 35.3 Å². The Hall–Kier alpha value is -3.82. The van der Waals surface area contributed by atoms with E-state index in [4.69, 9.17) is 0 Å². The summed E-state index contributed by atoms with van der Waals surface area (Å²) < 4.78 is 4.66. The van der Waals surface area contributed by atoms with E-state index in [1.165, 1.54) is 14.0 Å². The van der Waals surface area contributed by atoms with Gasteiger partial charge in [-0.3, -0.25) is 33.8 Å². The second-order valence-electron chi connectivity index (χ2n) is 9.79. The molecule has 1 saturated carbocycles. The molecule has 3 heterocycles. The van der Waals surface area contributed by atoms with Crippen LogP contribution in [0.25, 0.3) is 0 Å². The average molecular weight is 494 g/mol. The van der Waals surface area contributed by atoms with Crippen LogP contribution in [0.1, 0.15) is 38.7 Å².